The lowest BCUT2D eigenvalue weighted by Crippen LogP contribution is -2.15. The Kier molecular flexibility index (Phi) is 5.19. The van der Waals surface area contributed by atoms with Gasteiger partial charge in [0.05, 0.1) is 12.3 Å². The number of hydrogen-bond acceptors (Lipinski definition) is 4. The zero-order valence-corrected chi connectivity index (χ0v) is 12.9. The molecule has 0 aromatic heterocycles. The first-order chi connectivity index (χ1) is 11.0. The number of phenols is 1. The average molecular weight is 314 g/mol. The molecular formula is C17H18N2O4. The van der Waals surface area contributed by atoms with Crippen LogP contribution in [0.3, 0.4) is 0 Å². The summed E-state index contributed by atoms with van der Waals surface area (Å²) in [6.45, 7) is 3.81. The second-order valence-electron chi connectivity index (χ2n) is 4.90. The van der Waals surface area contributed by atoms with Gasteiger partial charge in [-0.3, -0.25) is 10.1 Å². The Morgan fingerprint density at radius 1 is 1.13 bits per heavy atom. The van der Waals surface area contributed by atoms with E-state index in [1.165, 1.54) is 6.07 Å². The van der Waals surface area contributed by atoms with Crippen LogP contribution in [0, 0.1) is 6.92 Å². The molecule has 3 N–H and O–H groups in total. The largest absolute Gasteiger partial charge is 0.506 e. The number of anilines is 2. The highest BCUT2D eigenvalue weighted by molar-refractivity contribution is 6.05. The van der Waals surface area contributed by atoms with Gasteiger partial charge in [0.2, 0.25) is 0 Å². The van der Waals surface area contributed by atoms with Gasteiger partial charge in [0, 0.05) is 11.3 Å². The zero-order chi connectivity index (χ0) is 16.8. The van der Waals surface area contributed by atoms with Crippen LogP contribution in [0.1, 0.15) is 22.8 Å². The Hall–Kier alpha value is -3.02. The first kappa shape index (κ1) is 16.4. The molecule has 6 nitrogen and oxygen atoms in total. The number of phenolic OH excluding ortho intramolecular Hbond substituents is 1. The van der Waals surface area contributed by atoms with Crippen molar-refractivity contribution in [1.82, 2.24) is 0 Å². The summed E-state index contributed by atoms with van der Waals surface area (Å²) in [6.07, 6.45) is -0.582. The van der Waals surface area contributed by atoms with Gasteiger partial charge in [-0.25, -0.2) is 4.79 Å². The van der Waals surface area contributed by atoms with E-state index >= 15 is 0 Å². The van der Waals surface area contributed by atoms with Crippen LogP contribution in [0.2, 0.25) is 0 Å². The lowest BCUT2D eigenvalue weighted by Gasteiger charge is -2.10. The standard InChI is InChI=1S/C17H18N2O4/c1-3-23-17(22)18-13-6-4-5-12(10-13)16(21)19-14-8-7-11(2)9-15(14)20/h4-10,20H,3H2,1-2H3,(H,18,22)(H,19,21). The summed E-state index contributed by atoms with van der Waals surface area (Å²) in [4.78, 5) is 23.6. The predicted octanol–water partition coefficient (Wildman–Crippen LogP) is 3.52. The van der Waals surface area contributed by atoms with Gasteiger partial charge in [-0.1, -0.05) is 12.1 Å². The number of aryl methyl sites for hydroxylation is 1. The number of amides is 2. The summed E-state index contributed by atoms with van der Waals surface area (Å²) in [5.41, 5.74) is 2.01. The number of nitrogens with one attached hydrogen (secondary N) is 2. The van der Waals surface area contributed by atoms with E-state index in [1.807, 2.05) is 6.92 Å². The molecule has 0 radical (unpaired) electrons. The molecule has 0 saturated heterocycles. The molecule has 23 heavy (non-hydrogen) atoms. The molecule has 2 amide bonds. The van der Waals surface area contributed by atoms with Gasteiger partial charge in [-0.05, 0) is 49.7 Å². The summed E-state index contributed by atoms with van der Waals surface area (Å²) in [7, 11) is 0. The monoisotopic (exact) mass is 314 g/mol. The topological polar surface area (TPSA) is 87.7 Å². The third-order valence-corrected chi connectivity index (χ3v) is 3.05. The number of carbonyl (C=O) groups excluding carboxylic acids is 2. The molecule has 6 heteroatoms. The van der Waals surface area contributed by atoms with Crippen molar-refractivity contribution in [3.8, 4) is 5.75 Å². The van der Waals surface area contributed by atoms with Crippen LogP contribution in [0.5, 0.6) is 5.75 Å². The molecule has 0 aliphatic carbocycles. The van der Waals surface area contributed by atoms with E-state index < -0.39 is 12.0 Å². The molecule has 2 aromatic carbocycles. The lowest BCUT2D eigenvalue weighted by molar-refractivity contribution is 0.102. The van der Waals surface area contributed by atoms with E-state index in [0.29, 0.717) is 16.9 Å². The van der Waals surface area contributed by atoms with Gasteiger partial charge in [0.25, 0.3) is 5.91 Å². The normalized spacial score (nSPS) is 10.0. The second kappa shape index (κ2) is 7.31. The van der Waals surface area contributed by atoms with Crippen molar-refractivity contribution < 1.29 is 19.4 Å². The highest BCUT2D eigenvalue weighted by atomic mass is 16.5. The van der Waals surface area contributed by atoms with Crippen molar-refractivity contribution in [2.24, 2.45) is 0 Å². The van der Waals surface area contributed by atoms with Crippen molar-refractivity contribution in [2.75, 3.05) is 17.2 Å². The molecule has 0 bridgehead atoms. The molecule has 2 rings (SSSR count). The number of carbonyl (C=O) groups is 2. The maximum atomic E-state index is 12.2. The van der Waals surface area contributed by atoms with Gasteiger partial charge < -0.3 is 15.2 Å². The van der Waals surface area contributed by atoms with Crippen LogP contribution in [0.25, 0.3) is 0 Å². The summed E-state index contributed by atoms with van der Waals surface area (Å²) in [5.74, 6) is -0.393. The lowest BCUT2D eigenvalue weighted by atomic mass is 10.1. The molecule has 0 aliphatic heterocycles. The van der Waals surface area contributed by atoms with Crippen LogP contribution in [-0.2, 0) is 4.74 Å². The van der Waals surface area contributed by atoms with Crippen LogP contribution in [-0.4, -0.2) is 23.7 Å². The first-order valence-corrected chi connectivity index (χ1v) is 7.14. The Bertz CT molecular complexity index is 728. The molecule has 0 spiro atoms. The molecule has 0 heterocycles. The van der Waals surface area contributed by atoms with Crippen molar-refractivity contribution in [3.05, 3.63) is 53.6 Å². The van der Waals surface area contributed by atoms with Gasteiger partial charge in [-0.2, -0.15) is 0 Å². The van der Waals surface area contributed by atoms with Crippen LogP contribution < -0.4 is 10.6 Å². The third kappa shape index (κ3) is 4.47. The predicted molar refractivity (Wildman–Crippen MR) is 87.9 cm³/mol. The number of hydrogen-bond donors (Lipinski definition) is 3. The molecule has 120 valence electrons. The number of ether oxygens (including phenoxy) is 1. The quantitative estimate of drug-likeness (QED) is 0.753. The van der Waals surface area contributed by atoms with E-state index in [-0.39, 0.29) is 12.4 Å². The molecule has 0 unspecified atom stereocenters. The number of rotatable bonds is 4. The van der Waals surface area contributed by atoms with Crippen molar-refractivity contribution in [1.29, 1.82) is 0 Å². The Labute approximate surface area is 134 Å². The van der Waals surface area contributed by atoms with Gasteiger partial charge in [-0.15, -0.1) is 0 Å². The minimum Gasteiger partial charge on any atom is -0.506 e. The Balaban J connectivity index is 2.11. The number of aromatic hydroxyl groups is 1. The minimum atomic E-state index is -0.582. The Morgan fingerprint density at radius 2 is 1.91 bits per heavy atom. The molecule has 2 aromatic rings. The molecule has 0 atom stereocenters. The molecule has 0 fully saturated rings. The fraction of sp³-hybridized carbons (Fsp3) is 0.176. The Morgan fingerprint density at radius 3 is 2.61 bits per heavy atom. The van der Waals surface area contributed by atoms with E-state index in [4.69, 9.17) is 4.74 Å². The van der Waals surface area contributed by atoms with Crippen molar-refractivity contribution in [2.45, 2.75) is 13.8 Å². The van der Waals surface area contributed by atoms with E-state index in [1.54, 1.807) is 43.3 Å². The molecule has 0 saturated carbocycles. The molecule has 0 aliphatic rings. The van der Waals surface area contributed by atoms with Crippen LogP contribution >= 0.6 is 0 Å². The summed E-state index contributed by atoms with van der Waals surface area (Å²) in [5, 5.41) is 15.0. The van der Waals surface area contributed by atoms with Crippen molar-refractivity contribution in [3.63, 3.8) is 0 Å². The van der Waals surface area contributed by atoms with Gasteiger partial charge in [0.1, 0.15) is 5.75 Å². The average Bonchev–Trinajstić information content (AvgIpc) is 2.50. The number of benzene rings is 2. The first-order valence-electron chi connectivity index (χ1n) is 7.14. The van der Waals surface area contributed by atoms with E-state index in [0.717, 1.165) is 5.56 Å². The summed E-state index contributed by atoms with van der Waals surface area (Å²) in [6, 6.07) is 11.4. The summed E-state index contributed by atoms with van der Waals surface area (Å²) < 4.78 is 4.79. The molecular weight excluding hydrogens is 296 g/mol. The highest BCUT2D eigenvalue weighted by Gasteiger charge is 2.10. The minimum absolute atomic E-state index is 0.000784. The zero-order valence-electron chi connectivity index (χ0n) is 12.9. The van der Waals surface area contributed by atoms with Crippen LogP contribution in [0.4, 0.5) is 16.2 Å². The highest BCUT2D eigenvalue weighted by Crippen LogP contribution is 2.24. The van der Waals surface area contributed by atoms with E-state index in [2.05, 4.69) is 10.6 Å². The van der Waals surface area contributed by atoms with E-state index in [9.17, 15) is 14.7 Å². The smallest absolute Gasteiger partial charge is 0.411 e. The summed E-state index contributed by atoms with van der Waals surface area (Å²) >= 11 is 0. The third-order valence-electron chi connectivity index (χ3n) is 3.05. The van der Waals surface area contributed by atoms with Crippen molar-refractivity contribution >= 4 is 23.4 Å². The maximum absolute atomic E-state index is 12.2. The second-order valence-corrected chi connectivity index (χ2v) is 4.90. The fourth-order valence-corrected chi connectivity index (χ4v) is 1.97. The van der Waals surface area contributed by atoms with Gasteiger partial charge in [0.15, 0.2) is 0 Å². The SMILES string of the molecule is CCOC(=O)Nc1cccc(C(=O)Nc2ccc(C)cc2O)c1. The van der Waals surface area contributed by atoms with Gasteiger partial charge >= 0.3 is 6.09 Å². The van der Waals surface area contributed by atoms with Crippen LogP contribution in [0.15, 0.2) is 42.5 Å². The fourth-order valence-electron chi connectivity index (χ4n) is 1.97. The maximum Gasteiger partial charge on any atom is 0.411 e.